The molecule has 0 bridgehead atoms. The molecule has 1 atom stereocenters. The Morgan fingerprint density at radius 3 is 2.86 bits per heavy atom. The predicted molar refractivity (Wildman–Crippen MR) is 79.4 cm³/mol. The lowest BCUT2D eigenvalue weighted by Crippen LogP contribution is -2.42. The van der Waals surface area contributed by atoms with Crippen LogP contribution in [0.1, 0.15) is 20.3 Å². The number of likely N-dealkylation sites (tertiary alicyclic amines) is 1. The molecule has 1 aliphatic rings. The molecule has 6 heteroatoms. The Kier molecular flexibility index (Phi) is 4.34. The van der Waals surface area contributed by atoms with Crippen molar-refractivity contribution in [1.29, 1.82) is 0 Å². The SMILES string of the molecule is CN(C)c1ncccc1OC1CCN(C(=O)C(C)(C)F)C1. The van der Waals surface area contributed by atoms with E-state index in [0.29, 0.717) is 25.3 Å². The Morgan fingerprint density at radius 1 is 1.52 bits per heavy atom. The maximum absolute atomic E-state index is 13.7. The van der Waals surface area contributed by atoms with Gasteiger partial charge in [-0.15, -0.1) is 0 Å². The number of carbonyl (C=O) groups excluding carboxylic acids is 1. The molecule has 0 saturated carbocycles. The molecule has 1 aromatic rings. The Bertz CT molecular complexity index is 514. The molecule has 0 N–H and O–H groups in total. The van der Waals surface area contributed by atoms with Crippen molar-refractivity contribution in [2.45, 2.75) is 32.0 Å². The highest BCUT2D eigenvalue weighted by Crippen LogP contribution is 2.27. The molecule has 0 aliphatic carbocycles. The number of nitrogens with zero attached hydrogens (tertiary/aromatic N) is 3. The Hall–Kier alpha value is -1.85. The predicted octanol–water partition coefficient (Wildman–Crippen LogP) is 1.88. The molecule has 1 amide bonds. The summed E-state index contributed by atoms with van der Waals surface area (Å²) in [5.74, 6) is 0.946. The highest BCUT2D eigenvalue weighted by atomic mass is 19.1. The van der Waals surface area contributed by atoms with Crippen molar-refractivity contribution < 1.29 is 13.9 Å². The number of hydrogen-bond acceptors (Lipinski definition) is 4. The summed E-state index contributed by atoms with van der Waals surface area (Å²) >= 11 is 0. The number of anilines is 1. The Morgan fingerprint density at radius 2 is 2.24 bits per heavy atom. The molecule has 1 saturated heterocycles. The molecule has 2 heterocycles. The first-order valence-corrected chi connectivity index (χ1v) is 7.06. The van der Waals surface area contributed by atoms with Crippen molar-refractivity contribution in [2.75, 3.05) is 32.1 Å². The highest BCUT2D eigenvalue weighted by molar-refractivity contribution is 5.84. The Balaban J connectivity index is 2.02. The average Bonchev–Trinajstić information content (AvgIpc) is 2.85. The number of hydrogen-bond donors (Lipinski definition) is 0. The van der Waals surface area contributed by atoms with E-state index >= 15 is 0 Å². The van der Waals surface area contributed by atoms with Gasteiger partial charge in [-0.1, -0.05) is 0 Å². The molecule has 21 heavy (non-hydrogen) atoms. The topological polar surface area (TPSA) is 45.7 Å². The van der Waals surface area contributed by atoms with E-state index in [4.69, 9.17) is 4.74 Å². The first-order valence-electron chi connectivity index (χ1n) is 7.06. The minimum Gasteiger partial charge on any atom is -0.485 e. The van der Waals surface area contributed by atoms with Gasteiger partial charge in [0, 0.05) is 33.3 Å². The maximum atomic E-state index is 13.7. The molecule has 0 spiro atoms. The minimum absolute atomic E-state index is 0.126. The summed E-state index contributed by atoms with van der Waals surface area (Å²) in [6.45, 7) is 3.51. The summed E-state index contributed by atoms with van der Waals surface area (Å²) in [4.78, 5) is 19.6. The van der Waals surface area contributed by atoms with Gasteiger partial charge in [0.15, 0.2) is 17.2 Å². The Labute approximate surface area is 124 Å². The number of ether oxygens (including phenoxy) is 1. The molecule has 0 aromatic carbocycles. The van der Waals surface area contributed by atoms with Crippen LogP contribution >= 0.6 is 0 Å². The van der Waals surface area contributed by atoms with Crippen LogP contribution in [0.4, 0.5) is 10.2 Å². The van der Waals surface area contributed by atoms with Gasteiger partial charge in [0.05, 0.1) is 6.54 Å². The largest absolute Gasteiger partial charge is 0.485 e. The molecular weight excluding hydrogens is 273 g/mol. The summed E-state index contributed by atoms with van der Waals surface area (Å²) in [5, 5.41) is 0. The van der Waals surface area contributed by atoms with Gasteiger partial charge in [0.2, 0.25) is 0 Å². The van der Waals surface area contributed by atoms with E-state index in [1.165, 1.54) is 18.7 Å². The van der Waals surface area contributed by atoms with Gasteiger partial charge in [-0.25, -0.2) is 9.37 Å². The number of rotatable bonds is 4. The third kappa shape index (κ3) is 3.62. The van der Waals surface area contributed by atoms with Crippen molar-refractivity contribution >= 4 is 11.7 Å². The molecule has 1 aliphatic heterocycles. The highest BCUT2D eigenvalue weighted by Gasteiger charge is 2.36. The third-order valence-electron chi connectivity index (χ3n) is 3.41. The molecular formula is C15H22FN3O2. The average molecular weight is 295 g/mol. The van der Waals surface area contributed by atoms with Gasteiger partial charge < -0.3 is 14.5 Å². The van der Waals surface area contributed by atoms with E-state index in [1.54, 1.807) is 6.20 Å². The summed E-state index contributed by atoms with van der Waals surface area (Å²) in [5.41, 5.74) is -1.84. The van der Waals surface area contributed by atoms with Gasteiger partial charge in [0.1, 0.15) is 6.10 Å². The fraction of sp³-hybridized carbons (Fsp3) is 0.600. The van der Waals surface area contributed by atoms with Gasteiger partial charge >= 0.3 is 0 Å². The number of halogens is 1. The molecule has 1 fully saturated rings. The zero-order valence-corrected chi connectivity index (χ0v) is 13.0. The molecule has 1 aromatic heterocycles. The monoisotopic (exact) mass is 295 g/mol. The zero-order chi connectivity index (χ0) is 15.6. The summed E-state index contributed by atoms with van der Waals surface area (Å²) < 4.78 is 19.6. The first-order chi connectivity index (χ1) is 9.79. The summed E-state index contributed by atoms with van der Waals surface area (Å²) in [7, 11) is 3.79. The molecule has 5 nitrogen and oxygen atoms in total. The summed E-state index contributed by atoms with van der Waals surface area (Å²) in [6.07, 6.45) is 2.28. The molecule has 2 rings (SSSR count). The van der Waals surface area contributed by atoms with Gasteiger partial charge in [0.25, 0.3) is 5.91 Å². The van der Waals surface area contributed by atoms with Crippen molar-refractivity contribution in [1.82, 2.24) is 9.88 Å². The van der Waals surface area contributed by atoms with Crippen molar-refractivity contribution in [3.05, 3.63) is 18.3 Å². The molecule has 0 radical (unpaired) electrons. The third-order valence-corrected chi connectivity index (χ3v) is 3.41. The van der Waals surface area contributed by atoms with Crippen molar-refractivity contribution in [2.24, 2.45) is 0 Å². The number of pyridine rings is 1. The second-order valence-corrected chi connectivity index (χ2v) is 5.97. The van der Waals surface area contributed by atoms with Crippen LogP contribution in [-0.4, -0.2) is 54.7 Å². The molecule has 1 unspecified atom stereocenters. The van der Waals surface area contributed by atoms with Crippen LogP contribution in [0.3, 0.4) is 0 Å². The van der Waals surface area contributed by atoms with E-state index in [2.05, 4.69) is 4.98 Å². The normalized spacial score (nSPS) is 18.7. The number of carbonyl (C=O) groups is 1. The standard InChI is InChI=1S/C15H22FN3O2/c1-15(2,16)14(20)19-9-7-11(10-19)21-12-6-5-8-17-13(12)18(3)4/h5-6,8,11H,7,9-10H2,1-4H3. The fourth-order valence-electron chi connectivity index (χ4n) is 2.37. The van der Waals surface area contributed by atoms with E-state index in [-0.39, 0.29) is 6.10 Å². The maximum Gasteiger partial charge on any atom is 0.259 e. The van der Waals surface area contributed by atoms with Crippen LogP contribution in [0.15, 0.2) is 18.3 Å². The molecule has 116 valence electrons. The van der Waals surface area contributed by atoms with Crippen LogP contribution in [-0.2, 0) is 4.79 Å². The summed E-state index contributed by atoms with van der Waals surface area (Å²) in [6, 6.07) is 3.66. The second-order valence-electron chi connectivity index (χ2n) is 5.97. The lowest BCUT2D eigenvalue weighted by atomic mass is 10.1. The zero-order valence-electron chi connectivity index (χ0n) is 13.0. The van der Waals surface area contributed by atoms with Crippen LogP contribution in [0.5, 0.6) is 5.75 Å². The van der Waals surface area contributed by atoms with Crippen molar-refractivity contribution in [3.63, 3.8) is 0 Å². The van der Waals surface area contributed by atoms with Crippen LogP contribution in [0, 0.1) is 0 Å². The van der Waals surface area contributed by atoms with Crippen LogP contribution in [0.2, 0.25) is 0 Å². The second kappa shape index (κ2) is 5.87. The minimum atomic E-state index is -1.84. The number of aromatic nitrogens is 1. The van der Waals surface area contributed by atoms with Crippen molar-refractivity contribution in [3.8, 4) is 5.75 Å². The lowest BCUT2D eigenvalue weighted by Gasteiger charge is -2.23. The van der Waals surface area contributed by atoms with E-state index in [9.17, 15) is 9.18 Å². The quantitative estimate of drug-likeness (QED) is 0.851. The van der Waals surface area contributed by atoms with Gasteiger partial charge in [-0.2, -0.15) is 0 Å². The lowest BCUT2D eigenvalue weighted by molar-refractivity contribution is -0.141. The fourth-order valence-corrected chi connectivity index (χ4v) is 2.37. The van der Waals surface area contributed by atoms with Crippen LogP contribution < -0.4 is 9.64 Å². The van der Waals surface area contributed by atoms with Crippen LogP contribution in [0.25, 0.3) is 0 Å². The van der Waals surface area contributed by atoms with E-state index < -0.39 is 11.6 Å². The van der Waals surface area contributed by atoms with E-state index in [0.717, 1.165) is 5.82 Å². The first kappa shape index (κ1) is 15.5. The van der Waals surface area contributed by atoms with Gasteiger partial charge in [-0.3, -0.25) is 4.79 Å². The number of alkyl halides is 1. The number of amides is 1. The van der Waals surface area contributed by atoms with Gasteiger partial charge in [-0.05, 0) is 26.0 Å². The van der Waals surface area contributed by atoms with E-state index in [1.807, 2.05) is 31.1 Å². The smallest absolute Gasteiger partial charge is 0.259 e.